The number of thiophene rings is 1. The lowest BCUT2D eigenvalue weighted by Gasteiger charge is -2.07. The SMILES string of the molecule is CCOC(=O)c1c(NC(=O)[C@@H]2C[C@@H]2c2ccccc2)sc(C(N)=O)c1C. The highest BCUT2D eigenvalue weighted by Gasteiger charge is 2.44. The number of rotatable bonds is 6. The summed E-state index contributed by atoms with van der Waals surface area (Å²) in [5.41, 5.74) is 7.14. The van der Waals surface area contributed by atoms with Gasteiger partial charge in [-0.05, 0) is 37.3 Å². The molecule has 3 rings (SSSR count). The van der Waals surface area contributed by atoms with E-state index in [0.717, 1.165) is 23.3 Å². The number of anilines is 1. The number of hydrogen-bond acceptors (Lipinski definition) is 5. The van der Waals surface area contributed by atoms with Gasteiger partial charge in [0.25, 0.3) is 5.91 Å². The zero-order valence-electron chi connectivity index (χ0n) is 14.6. The topological polar surface area (TPSA) is 98.5 Å². The summed E-state index contributed by atoms with van der Waals surface area (Å²) in [6.45, 7) is 3.52. The number of carbonyl (C=O) groups is 3. The summed E-state index contributed by atoms with van der Waals surface area (Å²) in [5.74, 6) is -1.33. The van der Waals surface area contributed by atoms with E-state index in [2.05, 4.69) is 5.32 Å². The molecule has 1 aliphatic carbocycles. The molecule has 1 aromatic heterocycles. The number of nitrogens with two attached hydrogens (primary N) is 1. The third-order valence-electron chi connectivity index (χ3n) is 4.44. The second-order valence-electron chi connectivity index (χ2n) is 6.19. The molecule has 1 saturated carbocycles. The molecule has 0 spiro atoms. The number of amides is 2. The molecule has 136 valence electrons. The molecule has 2 aromatic rings. The van der Waals surface area contributed by atoms with Crippen molar-refractivity contribution in [3.05, 3.63) is 51.9 Å². The Morgan fingerprint density at radius 1 is 1.27 bits per heavy atom. The monoisotopic (exact) mass is 372 g/mol. The van der Waals surface area contributed by atoms with Gasteiger partial charge in [0.2, 0.25) is 5.91 Å². The highest BCUT2D eigenvalue weighted by atomic mass is 32.1. The maximum absolute atomic E-state index is 12.6. The van der Waals surface area contributed by atoms with Crippen molar-refractivity contribution >= 4 is 34.1 Å². The van der Waals surface area contributed by atoms with Crippen molar-refractivity contribution in [2.24, 2.45) is 11.7 Å². The average molecular weight is 372 g/mol. The smallest absolute Gasteiger partial charge is 0.341 e. The molecule has 0 aliphatic heterocycles. The second-order valence-corrected chi connectivity index (χ2v) is 7.21. The molecule has 0 saturated heterocycles. The zero-order chi connectivity index (χ0) is 18.8. The van der Waals surface area contributed by atoms with E-state index < -0.39 is 11.9 Å². The summed E-state index contributed by atoms with van der Waals surface area (Å²) < 4.78 is 5.05. The predicted octanol–water partition coefficient (Wildman–Crippen LogP) is 3.07. The Hall–Kier alpha value is -2.67. The van der Waals surface area contributed by atoms with Crippen molar-refractivity contribution in [2.45, 2.75) is 26.2 Å². The van der Waals surface area contributed by atoms with E-state index in [0.29, 0.717) is 10.6 Å². The number of ether oxygens (including phenoxy) is 1. The molecule has 3 N–H and O–H groups in total. The van der Waals surface area contributed by atoms with Gasteiger partial charge >= 0.3 is 5.97 Å². The van der Waals surface area contributed by atoms with Crippen LogP contribution >= 0.6 is 11.3 Å². The maximum atomic E-state index is 12.6. The van der Waals surface area contributed by atoms with Gasteiger partial charge in [0.05, 0.1) is 17.0 Å². The Morgan fingerprint density at radius 2 is 1.96 bits per heavy atom. The van der Waals surface area contributed by atoms with E-state index in [4.69, 9.17) is 10.5 Å². The van der Waals surface area contributed by atoms with Crippen LogP contribution in [0.3, 0.4) is 0 Å². The largest absolute Gasteiger partial charge is 0.462 e. The van der Waals surface area contributed by atoms with Crippen LogP contribution in [0.2, 0.25) is 0 Å². The third kappa shape index (κ3) is 3.48. The molecule has 6 nitrogen and oxygen atoms in total. The number of hydrogen-bond donors (Lipinski definition) is 2. The van der Waals surface area contributed by atoms with Crippen LogP contribution in [-0.2, 0) is 9.53 Å². The Labute approximate surface area is 155 Å². The molecule has 1 aromatic carbocycles. The molecular formula is C19H20N2O4S. The first-order chi connectivity index (χ1) is 12.4. The predicted molar refractivity (Wildman–Crippen MR) is 99.5 cm³/mol. The molecule has 0 bridgehead atoms. The lowest BCUT2D eigenvalue weighted by atomic mass is 10.1. The molecule has 1 heterocycles. The fourth-order valence-electron chi connectivity index (χ4n) is 3.04. The quantitative estimate of drug-likeness (QED) is 0.761. The van der Waals surface area contributed by atoms with Crippen molar-refractivity contribution in [1.82, 2.24) is 0 Å². The minimum Gasteiger partial charge on any atom is -0.462 e. The van der Waals surface area contributed by atoms with Crippen molar-refractivity contribution in [3.8, 4) is 0 Å². The van der Waals surface area contributed by atoms with E-state index >= 15 is 0 Å². The van der Waals surface area contributed by atoms with Gasteiger partial charge in [-0.1, -0.05) is 30.3 Å². The summed E-state index contributed by atoms with van der Waals surface area (Å²) in [6, 6.07) is 9.84. The minimum atomic E-state index is -0.632. The number of nitrogens with one attached hydrogen (secondary N) is 1. The Bertz CT molecular complexity index is 860. The van der Waals surface area contributed by atoms with E-state index in [1.165, 1.54) is 0 Å². The molecule has 26 heavy (non-hydrogen) atoms. The van der Waals surface area contributed by atoms with Crippen LogP contribution in [0.1, 0.15) is 50.4 Å². The standard InChI is InChI=1S/C19H20N2O4S/c1-3-25-19(24)14-10(2)15(16(20)22)26-18(14)21-17(23)13-9-12(13)11-7-5-4-6-8-11/h4-8,12-13H,3,9H2,1-2H3,(H2,20,22)(H,21,23)/t12-,13-/m1/s1. The summed E-state index contributed by atoms with van der Waals surface area (Å²) >= 11 is 1.01. The van der Waals surface area contributed by atoms with Gasteiger partial charge in [-0.25, -0.2) is 4.79 Å². The van der Waals surface area contributed by atoms with Gasteiger partial charge in [-0.3, -0.25) is 9.59 Å². The number of benzene rings is 1. The van der Waals surface area contributed by atoms with Crippen LogP contribution in [0.4, 0.5) is 5.00 Å². The van der Waals surface area contributed by atoms with Crippen LogP contribution in [0, 0.1) is 12.8 Å². The fourth-order valence-corrected chi connectivity index (χ4v) is 4.09. The Balaban J connectivity index is 1.81. The molecule has 2 amide bonds. The van der Waals surface area contributed by atoms with Crippen LogP contribution in [0.15, 0.2) is 30.3 Å². The summed E-state index contributed by atoms with van der Waals surface area (Å²) in [4.78, 5) is 36.7. The minimum absolute atomic E-state index is 0.146. The van der Waals surface area contributed by atoms with Crippen LogP contribution in [0.5, 0.6) is 0 Å². The molecule has 0 unspecified atom stereocenters. The first-order valence-corrected chi connectivity index (χ1v) is 9.21. The van der Waals surface area contributed by atoms with E-state index in [1.54, 1.807) is 13.8 Å². The van der Waals surface area contributed by atoms with E-state index in [9.17, 15) is 14.4 Å². The number of primary amides is 1. The van der Waals surface area contributed by atoms with Gasteiger partial charge < -0.3 is 15.8 Å². The van der Waals surface area contributed by atoms with Crippen molar-refractivity contribution in [2.75, 3.05) is 11.9 Å². The Morgan fingerprint density at radius 3 is 2.58 bits per heavy atom. The zero-order valence-corrected chi connectivity index (χ0v) is 15.4. The lowest BCUT2D eigenvalue weighted by Crippen LogP contribution is -2.17. The maximum Gasteiger partial charge on any atom is 0.341 e. The van der Waals surface area contributed by atoms with Gasteiger partial charge in [-0.15, -0.1) is 11.3 Å². The number of carbonyl (C=O) groups excluding carboxylic acids is 3. The summed E-state index contributed by atoms with van der Waals surface area (Å²) in [6.07, 6.45) is 0.762. The summed E-state index contributed by atoms with van der Waals surface area (Å²) in [5, 5.41) is 3.12. The van der Waals surface area contributed by atoms with Crippen molar-refractivity contribution < 1.29 is 19.1 Å². The van der Waals surface area contributed by atoms with Crippen LogP contribution in [0.25, 0.3) is 0 Å². The third-order valence-corrected chi connectivity index (χ3v) is 5.66. The second kappa shape index (κ2) is 7.29. The van der Waals surface area contributed by atoms with Gasteiger partial charge in [0.1, 0.15) is 5.00 Å². The molecule has 1 aliphatic rings. The van der Waals surface area contributed by atoms with Crippen LogP contribution < -0.4 is 11.1 Å². The molecule has 7 heteroatoms. The van der Waals surface area contributed by atoms with Gasteiger partial charge in [0.15, 0.2) is 0 Å². The Kier molecular flexibility index (Phi) is 5.08. The van der Waals surface area contributed by atoms with Gasteiger partial charge in [0, 0.05) is 5.92 Å². The lowest BCUT2D eigenvalue weighted by molar-refractivity contribution is -0.117. The van der Waals surface area contributed by atoms with Gasteiger partial charge in [-0.2, -0.15) is 0 Å². The van der Waals surface area contributed by atoms with E-state index in [-0.39, 0.29) is 34.8 Å². The first-order valence-electron chi connectivity index (χ1n) is 8.40. The summed E-state index contributed by atoms with van der Waals surface area (Å²) in [7, 11) is 0. The highest BCUT2D eigenvalue weighted by molar-refractivity contribution is 7.18. The van der Waals surface area contributed by atoms with Crippen molar-refractivity contribution in [3.63, 3.8) is 0 Å². The molecule has 0 radical (unpaired) electrons. The highest BCUT2D eigenvalue weighted by Crippen LogP contribution is 2.48. The normalized spacial score (nSPS) is 18.2. The van der Waals surface area contributed by atoms with Crippen LogP contribution in [-0.4, -0.2) is 24.4 Å². The van der Waals surface area contributed by atoms with Crippen molar-refractivity contribution in [1.29, 1.82) is 0 Å². The molecule has 1 fully saturated rings. The molecular weight excluding hydrogens is 352 g/mol. The first kappa shape index (κ1) is 18.1. The average Bonchev–Trinajstić information content (AvgIpc) is 3.34. The van der Waals surface area contributed by atoms with E-state index in [1.807, 2.05) is 30.3 Å². The number of esters is 1. The fraction of sp³-hybridized carbons (Fsp3) is 0.316. The molecule has 2 atom stereocenters.